The molecule has 18 heavy (non-hydrogen) atoms. The molecule has 0 spiro atoms. The van der Waals surface area contributed by atoms with Crippen LogP contribution < -0.4 is 0 Å². The quantitative estimate of drug-likeness (QED) is 0.781. The molecule has 1 aromatic carbocycles. The van der Waals surface area contributed by atoms with E-state index < -0.39 is 0 Å². The molecule has 1 heterocycles. The topological polar surface area (TPSA) is 44.1 Å². The third-order valence-electron chi connectivity index (χ3n) is 3.25. The van der Waals surface area contributed by atoms with Gasteiger partial charge in [0.25, 0.3) is 5.91 Å². The Morgan fingerprint density at radius 1 is 1.39 bits per heavy atom. The standard InChI is InChI=1S/C14H15ClN2O/c1-10-6-12(8-13(15)7-10)14(18)17-4-2-11(9-16)3-5-17/h6-8,11H,2-5H2,1H3. The summed E-state index contributed by atoms with van der Waals surface area (Å²) in [6, 6.07) is 7.65. The first-order valence-corrected chi connectivity index (χ1v) is 6.44. The minimum Gasteiger partial charge on any atom is -0.339 e. The van der Waals surface area contributed by atoms with E-state index in [0.29, 0.717) is 23.7 Å². The maximum atomic E-state index is 12.3. The molecule has 2 rings (SSSR count). The Balaban J connectivity index is 2.10. The highest BCUT2D eigenvalue weighted by molar-refractivity contribution is 6.31. The van der Waals surface area contributed by atoms with Crippen molar-refractivity contribution < 1.29 is 4.79 Å². The van der Waals surface area contributed by atoms with Crippen LogP contribution >= 0.6 is 11.6 Å². The van der Waals surface area contributed by atoms with Gasteiger partial charge in [-0.2, -0.15) is 5.26 Å². The fourth-order valence-corrected chi connectivity index (χ4v) is 2.54. The lowest BCUT2D eigenvalue weighted by molar-refractivity contribution is 0.0707. The third kappa shape index (κ3) is 2.83. The second-order valence-electron chi connectivity index (χ2n) is 4.71. The van der Waals surface area contributed by atoms with E-state index in [0.717, 1.165) is 18.4 Å². The van der Waals surface area contributed by atoms with Crippen molar-refractivity contribution in [3.8, 4) is 6.07 Å². The number of rotatable bonds is 1. The van der Waals surface area contributed by atoms with Gasteiger partial charge in [-0.05, 0) is 43.5 Å². The highest BCUT2D eigenvalue weighted by Crippen LogP contribution is 2.20. The molecule has 0 unspecified atom stereocenters. The maximum absolute atomic E-state index is 12.3. The van der Waals surface area contributed by atoms with E-state index in [-0.39, 0.29) is 11.8 Å². The number of hydrogen-bond acceptors (Lipinski definition) is 2. The smallest absolute Gasteiger partial charge is 0.253 e. The predicted octanol–water partition coefficient (Wildman–Crippen LogP) is 3.02. The zero-order valence-corrected chi connectivity index (χ0v) is 11.1. The van der Waals surface area contributed by atoms with Gasteiger partial charge < -0.3 is 4.90 Å². The Bertz CT molecular complexity index is 479. The second kappa shape index (κ2) is 5.41. The Morgan fingerprint density at radius 3 is 2.61 bits per heavy atom. The first-order valence-electron chi connectivity index (χ1n) is 6.06. The summed E-state index contributed by atoms with van der Waals surface area (Å²) in [6.07, 6.45) is 1.53. The van der Waals surface area contributed by atoms with Crippen molar-refractivity contribution in [1.82, 2.24) is 4.90 Å². The van der Waals surface area contributed by atoms with Crippen LogP contribution in [0.1, 0.15) is 28.8 Å². The van der Waals surface area contributed by atoms with Crippen LogP contribution in [0.3, 0.4) is 0 Å². The first-order chi connectivity index (χ1) is 8.60. The van der Waals surface area contributed by atoms with E-state index in [1.807, 2.05) is 19.1 Å². The molecule has 94 valence electrons. The van der Waals surface area contributed by atoms with Crippen LogP contribution in [0, 0.1) is 24.2 Å². The van der Waals surface area contributed by atoms with Crippen molar-refractivity contribution in [3.63, 3.8) is 0 Å². The van der Waals surface area contributed by atoms with Crippen molar-refractivity contribution in [3.05, 3.63) is 34.3 Å². The summed E-state index contributed by atoms with van der Waals surface area (Å²) in [4.78, 5) is 14.1. The molecule has 1 amide bonds. The third-order valence-corrected chi connectivity index (χ3v) is 3.47. The number of likely N-dealkylation sites (tertiary alicyclic amines) is 1. The zero-order valence-electron chi connectivity index (χ0n) is 10.3. The fraction of sp³-hybridized carbons (Fsp3) is 0.429. The van der Waals surface area contributed by atoms with Crippen LogP contribution in [0.4, 0.5) is 0 Å². The van der Waals surface area contributed by atoms with Crippen molar-refractivity contribution in [2.45, 2.75) is 19.8 Å². The number of nitriles is 1. The van der Waals surface area contributed by atoms with E-state index in [1.165, 1.54) is 0 Å². The molecule has 3 nitrogen and oxygen atoms in total. The highest BCUT2D eigenvalue weighted by atomic mass is 35.5. The summed E-state index contributed by atoms with van der Waals surface area (Å²) < 4.78 is 0. The fourth-order valence-electron chi connectivity index (χ4n) is 2.25. The molecule has 1 saturated heterocycles. The van der Waals surface area contributed by atoms with E-state index in [1.54, 1.807) is 11.0 Å². The van der Waals surface area contributed by atoms with Crippen LogP contribution in [0.2, 0.25) is 5.02 Å². The lowest BCUT2D eigenvalue weighted by Gasteiger charge is -2.29. The van der Waals surface area contributed by atoms with Gasteiger partial charge in [0.15, 0.2) is 0 Å². The van der Waals surface area contributed by atoms with E-state index in [9.17, 15) is 4.79 Å². The molecule has 1 aliphatic heterocycles. The van der Waals surface area contributed by atoms with Crippen LogP contribution in [-0.4, -0.2) is 23.9 Å². The average Bonchev–Trinajstić information content (AvgIpc) is 2.37. The van der Waals surface area contributed by atoms with Gasteiger partial charge in [0.2, 0.25) is 0 Å². The molecule has 0 saturated carbocycles. The van der Waals surface area contributed by atoms with Crippen LogP contribution in [0.25, 0.3) is 0 Å². The highest BCUT2D eigenvalue weighted by Gasteiger charge is 2.23. The maximum Gasteiger partial charge on any atom is 0.253 e. The van der Waals surface area contributed by atoms with Crippen LogP contribution in [-0.2, 0) is 0 Å². The molecule has 1 fully saturated rings. The average molecular weight is 263 g/mol. The Kier molecular flexibility index (Phi) is 3.88. The van der Waals surface area contributed by atoms with E-state index >= 15 is 0 Å². The minimum atomic E-state index is 0.0111. The summed E-state index contributed by atoms with van der Waals surface area (Å²) in [5.74, 6) is 0.104. The van der Waals surface area contributed by atoms with E-state index in [4.69, 9.17) is 16.9 Å². The van der Waals surface area contributed by atoms with Gasteiger partial charge in [-0.15, -0.1) is 0 Å². The van der Waals surface area contributed by atoms with Gasteiger partial charge in [-0.1, -0.05) is 11.6 Å². The summed E-state index contributed by atoms with van der Waals surface area (Å²) in [6.45, 7) is 3.23. The molecule has 1 aromatic rings. The lowest BCUT2D eigenvalue weighted by Crippen LogP contribution is -2.38. The van der Waals surface area contributed by atoms with Gasteiger partial charge in [0, 0.05) is 29.6 Å². The summed E-state index contributed by atoms with van der Waals surface area (Å²) >= 11 is 5.96. The second-order valence-corrected chi connectivity index (χ2v) is 5.15. The van der Waals surface area contributed by atoms with Gasteiger partial charge in [-0.25, -0.2) is 0 Å². The van der Waals surface area contributed by atoms with Gasteiger partial charge in [0.05, 0.1) is 6.07 Å². The van der Waals surface area contributed by atoms with Crippen LogP contribution in [0.15, 0.2) is 18.2 Å². The normalized spacial score (nSPS) is 16.4. The SMILES string of the molecule is Cc1cc(Cl)cc(C(=O)N2CCC(C#N)CC2)c1. The van der Waals surface area contributed by atoms with E-state index in [2.05, 4.69) is 6.07 Å². The monoisotopic (exact) mass is 262 g/mol. The largest absolute Gasteiger partial charge is 0.339 e. The molecule has 0 atom stereocenters. The van der Waals surface area contributed by atoms with Gasteiger partial charge >= 0.3 is 0 Å². The molecule has 0 bridgehead atoms. The number of piperidine rings is 1. The number of nitrogens with zero attached hydrogens (tertiary/aromatic N) is 2. The number of carbonyl (C=O) groups excluding carboxylic acids is 1. The van der Waals surface area contributed by atoms with Crippen LogP contribution in [0.5, 0.6) is 0 Å². The molecular formula is C14H15ClN2O. The van der Waals surface area contributed by atoms with Crippen molar-refractivity contribution in [1.29, 1.82) is 5.26 Å². The lowest BCUT2D eigenvalue weighted by atomic mass is 9.98. The Hall–Kier alpha value is -1.53. The summed E-state index contributed by atoms with van der Waals surface area (Å²) in [5, 5.41) is 9.42. The van der Waals surface area contributed by atoms with Crippen molar-refractivity contribution >= 4 is 17.5 Å². The van der Waals surface area contributed by atoms with Gasteiger partial charge in [0.1, 0.15) is 0 Å². The molecule has 0 aliphatic carbocycles. The molecule has 4 heteroatoms. The molecule has 0 N–H and O–H groups in total. The number of hydrogen-bond donors (Lipinski definition) is 0. The Morgan fingerprint density at radius 2 is 2.06 bits per heavy atom. The molecular weight excluding hydrogens is 248 g/mol. The number of amides is 1. The first kappa shape index (κ1) is 12.9. The Labute approximate surface area is 112 Å². The zero-order chi connectivity index (χ0) is 13.1. The minimum absolute atomic E-state index is 0.0111. The number of benzene rings is 1. The molecule has 0 radical (unpaired) electrons. The number of carbonyl (C=O) groups is 1. The number of halogens is 1. The molecule has 0 aromatic heterocycles. The van der Waals surface area contributed by atoms with Crippen molar-refractivity contribution in [2.24, 2.45) is 5.92 Å². The summed E-state index contributed by atoms with van der Waals surface area (Å²) in [5.41, 5.74) is 1.62. The molecule has 1 aliphatic rings. The predicted molar refractivity (Wildman–Crippen MR) is 70.4 cm³/mol. The van der Waals surface area contributed by atoms with Crippen molar-refractivity contribution in [2.75, 3.05) is 13.1 Å². The van der Waals surface area contributed by atoms with Gasteiger partial charge in [-0.3, -0.25) is 4.79 Å². The summed E-state index contributed by atoms with van der Waals surface area (Å²) in [7, 11) is 0. The number of aryl methyl sites for hydroxylation is 1.